The smallest absolute Gasteiger partial charge is 0.256 e. The van der Waals surface area contributed by atoms with Crippen molar-refractivity contribution < 1.29 is 9.90 Å². The molecule has 1 heterocycles. The molecule has 1 amide bonds. The lowest BCUT2D eigenvalue weighted by molar-refractivity contribution is 0.0169. The molecule has 1 N–H and O–H groups in total. The van der Waals surface area contributed by atoms with Crippen LogP contribution in [-0.4, -0.2) is 22.5 Å². The molecule has 29 heavy (non-hydrogen) atoms. The molecule has 0 aromatic heterocycles. The second-order valence-corrected chi connectivity index (χ2v) is 8.76. The average Bonchev–Trinajstić information content (AvgIpc) is 2.98. The van der Waals surface area contributed by atoms with E-state index in [1.54, 1.807) is 4.90 Å². The number of carbonyl (C=O) groups excluding carboxylic acids is 1. The highest BCUT2D eigenvalue weighted by atomic mass is 16.3. The van der Waals surface area contributed by atoms with E-state index in [1.165, 1.54) is 89.9 Å². The molecule has 0 saturated carbocycles. The predicted molar refractivity (Wildman–Crippen MR) is 122 cm³/mol. The van der Waals surface area contributed by atoms with Crippen LogP contribution in [0.1, 0.15) is 132 Å². The van der Waals surface area contributed by atoms with Gasteiger partial charge in [0, 0.05) is 17.7 Å². The first-order chi connectivity index (χ1) is 14.3. The number of aliphatic hydroxyl groups excluding tert-OH is 1. The first-order valence-electron chi connectivity index (χ1n) is 12.3. The predicted octanol–water partition coefficient (Wildman–Crippen LogP) is 7.39. The highest BCUT2D eigenvalue weighted by molar-refractivity contribution is 5.98. The number of unbranched alkanes of at least 4 members (excludes halogenated alkanes) is 15. The van der Waals surface area contributed by atoms with Crippen molar-refractivity contribution in [3.05, 3.63) is 35.4 Å². The number of benzene rings is 1. The minimum atomic E-state index is -0.755. The largest absolute Gasteiger partial charge is 0.369 e. The normalized spacial score (nSPS) is 15.9. The van der Waals surface area contributed by atoms with Gasteiger partial charge in [-0.05, 0) is 12.5 Å². The number of nitrogens with zero attached hydrogens (tertiary/aromatic N) is 1. The SMILES string of the molecule is CCCCCCCCCCCCCCCCCCN1C(=O)c2ccccc2C1O. The van der Waals surface area contributed by atoms with Crippen molar-refractivity contribution in [2.24, 2.45) is 0 Å². The topological polar surface area (TPSA) is 40.5 Å². The van der Waals surface area contributed by atoms with Crippen LogP contribution in [0, 0.1) is 0 Å². The molecule has 1 aromatic carbocycles. The Balaban J connectivity index is 1.37. The molecule has 3 nitrogen and oxygen atoms in total. The van der Waals surface area contributed by atoms with Crippen molar-refractivity contribution in [1.29, 1.82) is 0 Å². The minimum absolute atomic E-state index is 0.0194. The molecule has 0 fully saturated rings. The molecule has 0 bridgehead atoms. The van der Waals surface area contributed by atoms with E-state index < -0.39 is 6.23 Å². The lowest BCUT2D eigenvalue weighted by Crippen LogP contribution is -2.28. The zero-order valence-corrected chi connectivity index (χ0v) is 18.7. The standard InChI is InChI=1S/C26H43NO2/c1-2-3-4-5-6-7-8-9-10-11-12-13-14-15-16-19-22-27-25(28)23-20-17-18-21-24(23)26(27)29/h17-18,20-21,25,28H,2-16,19,22H2,1H3. The maximum Gasteiger partial charge on any atom is 0.256 e. The van der Waals surface area contributed by atoms with Gasteiger partial charge in [-0.2, -0.15) is 0 Å². The number of fused-ring (bicyclic) bond motifs is 1. The van der Waals surface area contributed by atoms with Crippen LogP contribution in [0.5, 0.6) is 0 Å². The summed E-state index contributed by atoms with van der Waals surface area (Å²) in [6.45, 7) is 2.94. The molecule has 1 atom stereocenters. The molecule has 0 aliphatic carbocycles. The van der Waals surface area contributed by atoms with Gasteiger partial charge in [-0.3, -0.25) is 4.79 Å². The third-order valence-corrected chi connectivity index (χ3v) is 6.28. The highest BCUT2D eigenvalue weighted by Crippen LogP contribution is 2.31. The summed E-state index contributed by atoms with van der Waals surface area (Å²) in [6.07, 6.45) is 20.8. The summed E-state index contributed by atoms with van der Waals surface area (Å²) in [5.74, 6) is -0.0194. The van der Waals surface area contributed by atoms with Gasteiger partial charge in [0.25, 0.3) is 5.91 Å². The van der Waals surface area contributed by atoms with Crippen molar-refractivity contribution in [3.63, 3.8) is 0 Å². The molecule has 1 aliphatic heterocycles. The van der Waals surface area contributed by atoms with E-state index in [2.05, 4.69) is 6.92 Å². The fourth-order valence-electron chi connectivity index (χ4n) is 4.40. The summed E-state index contributed by atoms with van der Waals surface area (Å²) >= 11 is 0. The summed E-state index contributed by atoms with van der Waals surface area (Å²) < 4.78 is 0. The van der Waals surface area contributed by atoms with Gasteiger partial charge in [-0.25, -0.2) is 0 Å². The molecule has 0 spiro atoms. The van der Waals surface area contributed by atoms with E-state index in [9.17, 15) is 9.90 Å². The van der Waals surface area contributed by atoms with Gasteiger partial charge in [0.2, 0.25) is 0 Å². The van der Waals surface area contributed by atoms with Crippen LogP contribution in [0.25, 0.3) is 0 Å². The van der Waals surface area contributed by atoms with Crippen LogP contribution in [0.4, 0.5) is 0 Å². The molecule has 3 heteroatoms. The molecule has 1 aromatic rings. The van der Waals surface area contributed by atoms with Crippen molar-refractivity contribution in [3.8, 4) is 0 Å². The van der Waals surface area contributed by atoms with Gasteiger partial charge in [-0.15, -0.1) is 0 Å². The Morgan fingerprint density at radius 3 is 1.66 bits per heavy atom. The molecule has 0 radical (unpaired) electrons. The monoisotopic (exact) mass is 401 g/mol. The summed E-state index contributed by atoms with van der Waals surface area (Å²) in [5.41, 5.74) is 1.42. The molecular weight excluding hydrogens is 358 g/mol. The number of rotatable bonds is 17. The Bertz CT molecular complexity index is 572. The maximum atomic E-state index is 12.4. The van der Waals surface area contributed by atoms with E-state index in [1.807, 2.05) is 24.3 Å². The summed E-state index contributed by atoms with van der Waals surface area (Å²) in [7, 11) is 0. The maximum absolute atomic E-state index is 12.4. The molecule has 0 saturated heterocycles. The molecular formula is C26H43NO2. The summed E-state index contributed by atoms with van der Waals surface area (Å²) in [6, 6.07) is 7.41. The fourth-order valence-corrected chi connectivity index (χ4v) is 4.40. The summed E-state index contributed by atoms with van der Waals surface area (Å²) in [5, 5.41) is 10.3. The van der Waals surface area contributed by atoms with E-state index >= 15 is 0 Å². The van der Waals surface area contributed by atoms with Gasteiger partial charge >= 0.3 is 0 Å². The molecule has 1 unspecified atom stereocenters. The van der Waals surface area contributed by atoms with E-state index in [4.69, 9.17) is 0 Å². The van der Waals surface area contributed by atoms with Crippen molar-refractivity contribution in [2.75, 3.05) is 6.54 Å². The van der Waals surface area contributed by atoms with Crippen LogP contribution in [0.2, 0.25) is 0 Å². The Kier molecular flexibility index (Phi) is 12.0. The Labute approximate surface area is 178 Å². The van der Waals surface area contributed by atoms with Crippen LogP contribution in [0.3, 0.4) is 0 Å². The number of aliphatic hydroxyl groups is 1. The Morgan fingerprint density at radius 1 is 0.724 bits per heavy atom. The molecule has 164 valence electrons. The van der Waals surface area contributed by atoms with Gasteiger partial charge in [-0.1, -0.05) is 121 Å². The fraction of sp³-hybridized carbons (Fsp3) is 0.731. The van der Waals surface area contributed by atoms with Crippen molar-refractivity contribution in [2.45, 2.75) is 116 Å². The highest BCUT2D eigenvalue weighted by Gasteiger charge is 2.34. The molecule has 2 rings (SSSR count). The van der Waals surface area contributed by atoms with E-state index in [-0.39, 0.29) is 5.91 Å². The second-order valence-electron chi connectivity index (χ2n) is 8.76. The zero-order valence-electron chi connectivity index (χ0n) is 18.7. The van der Waals surface area contributed by atoms with E-state index in [0.29, 0.717) is 12.1 Å². The Morgan fingerprint density at radius 2 is 1.17 bits per heavy atom. The number of hydrogen-bond donors (Lipinski definition) is 1. The quantitative estimate of drug-likeness (QED) is 0.276. The van der Waals surface area contributed by atoms with Crippen molar-refractivity contribution >= 4 is 5.91 Å². The summed E-state index contributed by atoms with van der Waals surface area (Å²) in [4.78, 5) is 14.0. The van der Waals surface area contributed by atoms with E-state index in [0.717, 1.165) is 18.4 Å². The average molecular weight is 402 g/mol. The minimum Gasteiger partial charge on any atom is -0.369 e. The van der Waals surface area contributed by atoms with Gasteiger partial charge in [0.05, 0.1) is 0 Å². The third kappa shape index (κ3) is 8.50. The first-order valence-corrected chi connectivity index (χ1v) is 12.3. The lowest BCUT2D eigenvalue weighted by Gasteiger charge is -2.20. The number of hydrogen-bond acceptors (Lipinski definition) is 2. The first kappa shape index (κ1) is 23.9. The Hall–Kier alpha value is -1.35. The van der Waals surface area contributed by atoms with Crippen LogP contribution in [-0.2, 0) is 0 Å². The van der Waals surface area contributed by atoms with Gasteiger partial charge in [0.15, 0.2) is 6.23 Å². The lowest BCUT2D eigenvalue weighted by atomic mass is 10.0. The van der Waals surface area contributed by atoms with Crippen molar-refractivity contribution in [1.82, 2.24) is 4.90 Å². The third-order valence-electron chi connectivity index (χ3n) is 6.28. The van der Waals surface area contributed by atoms with Gasteiger partial charge < -0.3 is 10.0 Å². The number of amides is 1. The van der Waals surface area contributed by atoms with Crippen LogP contribution >= 0.6 is 0 Å². The second kappa shape index (κ2) is 14.6. The zero-order chi connectivity index (χ0) is 20.7. The molecule has 1 aliphatic rings. The van der Waals surface area contributed by atoms with Gasteiger partial charge in [0.1, 0.15) is 0 Å². The van der Waals surface area contributed by atoms with Crippen LogP contribution < -0.4 is 0 Å². The number of carbonyl (C=O) groups is 1. The van der Waals surface area contributed by atoms with Crippen LogP contribution in [0.15, 0.2) is 24.3 Å².